The predicted molar refractivity (Wildman–Crippen MR) is 44.7 cm³/mol. The smallest absolute Gasteiger partial charge is 0.344 e. The van der Waals surface area contributed by atoms with Crippen LogP contribution in [0, 0.1) is 11.3 Å². The maximum absolute atomic E-state index is 10.7. The summed E-state index contributed by atoms with van der Waals surface area (Å²) in [6, 6.07) is 1.62. The van der Waals surface area contributed by atoms with Gasteiger partial charge < -0.3 is 10.4 Å². The predicted octanol–water partition coefficient (Wildman–Crippen LogP) is 0.270. The second kappa shape index (κ2) is 4.45. The summed E-state index contributed by atoms with van der Waals surface area (Å²) in [6.45, 7) is 2.93. The number of nitrogens with one attached hydrogen (secondary N) is 1. The van der Waals surface area contributed by atoms with Crippen molar-refractivity contribution in [2.75, 3.05) is 0 Å². The van der Waals surface area contributed by atoms with Gasteiger partial charge in [-0.15, -0.1) is 0 Å². The molecule has 0 aromatic rings. The maximum Gasteiger partial charge on any atom is 0.344 e. The Morgan fingerprint density at radius 3 is 2.38 bits per heavy atom. The first-order chi connectivity index (χ1) is 5.98. The molecule has 0 aliphatic rings. The summed E-state index contributed by atoms with van der Waals surface area (Å²) in [5, 5.41) is 19.6. The van der Waals surface area contributed by atoms with Crippen LogP contribution in [0.2, 0.25) is 0 Å². The molecule has 13 heavy (non-hydrogen) atoms. The van der Waals surface area contributed by atoms with Crippen LogP contribution >= 0.6 is 0 Å². The molecule has 2 N–H and O–H groups in total. The van der Waals surface area contributed by atoms with E-state index in [-0.39, 0.29) is 6.42 Å². The first-order valence-corrected chi connectivity index (χ1v) is 3.92. The molecule has 0 saturated heterocycles. The van der Waals surface area contributed by atoms with Crippen molar-refractivity contribution in [2.45, 2.75) is 32.2 Å². The maximum atomic E-state index is 10.7. The summed E-state index contributed by atoms with van der Waals surface area (Å²) in [4.78, 5) is 21.4. The third-order valence-corrected chi connectivity index (χ3v) is 1.57. The Bertz CT molecular complexity index is 257. The average Bonchev–Trinajstić information content (AvgIpc) is 2.02. The molecule has 0 rings (SSSR count). The minimum Gasteiger partial charge on any atom is -0.479 e. The molecule has 0 radical (unpaired) electrons. The molecular formula is C8H12N2O3. The monoisotopic (exact) mass is 184 g/mol. The fraction of sp³-hybridized carbons (Fsp3) is 0.625. The van der Waals surface area contributed by atoms with Crippen molar-refractivity contribution in [1.29, 1.82) is 5.26 Å². The minimum atomic E-state index is -1.76. The molecule has 5 heteroatoms. The van der Waals surface area contributed by atoms with Crippen LogP contribution in [0.3, 0.4) is 0 Å². The van der Waals surface area contributed by atoms with Crippen molar-refractivity contribution in [3.8, 4) is 6.07 Å². The first-order valence-electron chi connectivity index (χ1n) is 3.92. The number of hydrogen-bond donors (Lipinski definition) is 2. The van der Waals surface area contributed by atoms with Gasteiger partial charge in [-0.1, -0.05) is 13.3 Å². The molecule has 0 fully saturated rings. The van der Waals surface area contributed by atoms with Crippen LogP contribution in [0.1, 0.15) is 26.7 Å². The molecule has 1 unspecified atom stereocenters. The van der Waals surface area contributed by atoms with E-state index in [0.29, 0.717) is 6.42 Å². The summed E-state index contributed by atoms with van der Waals surface area (Å²) >= 11 is 0. The van der Waals surface area contributed by atoms with E-state index in [2.05, 4.69) is 5.32 Å². The number of aliphatic carboxylic acids is 1. The fourth-order valence-corrected chi connectivity index (χ4v) is 1.03. The number of nitrogens with zero attached hydrogens (tertiary/aromatic N) is 1. The number of carbonyl (C=O) groups excluding carboxylic acids is 1. The normalized spacial score (nSPS) is 13.9. The van der Waals surface area contributed by atoms with Crippen molar-refractivity contribution >= 4 is 11.9 Å². The van der Waals surface area contributed by atoms with Gasteiger partial charge in [-0.05, 0) is 6.42 Å². The third kappa shape index (κ3) is 2.75. The molecule has 0 aliphatic carbocycles. The molecular weight excluding hydrogens is 172 g/mol. The lowest BCUT2D eigenvalue weighted by atomic mass is 9.95. The topological polar surface area (TPSA) is 90.2 Å². The van der Waals surface area contributed by atoms with Gasteiger partial charge in [0, 0.05) is 6.92 Å². The van der Waals surface area contributed by atoms with Crippen LogP contribution in [0.25, 0.3) is 0 Å². The van der Waals surface area contributed by atoms with Gasteiger partial charge >= 0.3 is 5.97 Å². The number of hydrogen-bond acceptors (Lipinski definition) is 3. The van der Waals surface area contributed by atoms with Crippen LogP contribution in [-0.4, -0.2) is 22.5 Å². The van der Waals surface area contributed by atoms with E-state index in [0.717, 1.165) is 0 Å². The Labute approximate surface area is 76.4 Å². The number of amides is 1. The summed E-state index contributed by atoms with van der Waals surface area (Å²) in [5.74, 6) is -1.83. The van der Waals surface area contributed by atoms with Crippen LogP contribution in [0.15, 0.2) is 0 Å². The molecule has 0 saturated carbocycles. The highest BCUT2D eigenvalue weighted by atomic mass is 16.4. The van der Waals surface area contributed by atoms with E-state index < -0.39 is 17.4 Å². The highest BCUT2D eigenvalue weighted by molar-refractivity contribution is 5.88. The zero-order valence-corrected chi connectivity index (χ0v) is 7.63. The highest BCUT2D eigenvalue weighted by Crippen LogP contribution is 2.12. The lowest BCUT2D eigenvalue weighted by molar-refractivity contribution is -0.145. The molecule has 0 bridgehead atoms. The zero-order valence-electron chi connectivity index (χ0n) is 7.63. The van der Waals surface area contributed by atoms with Gasteiger partial charge in [0.1, 0.15) is 6.07 Å². The highest BCUT2D eigenvalue weighted by Gasteiger charge is 2.38. The van der Waals surface area contributed by atoms with Crippen molar-refractivity contribution in [3.63, 3.8) is 0 Å². The van der Waals surface area contributed by atoms with Crippen molar-refractivity contribution in [2.24, 2.45) is 0 Å². The Hall–Kier alpha value is -1.57. The minimum absolute atomic E-state index is 0.110. The summed E-state index contributed by atoms with van der Waals surface area (Å²) in [6.07, 6.45) is 0.624. The molecule has 0 heterocycles. The average molecular weight is 184 g/mol. The molecule has 72 valence electrons. The summed E-state index contributed by atoms with van der Waals surface area (Å²) in [7, 11) is 0. The van der Waals surface area contributed by atoms with E-state index in [1.165, 1.54) is 6.92 Å². The number of carbonyl (C=O) groups is 2. The van der Waals surface area contributed by atoms with Gasteiger partial charge in [0.25, 0.3) is 0 Å². The fourth-order valence-electron chi connectivity index (χ4n) is 1.03. The number of nitriles is 1. The van der Waals surface area contributed by atoms with E-state index in [1.54, 1.807) is 13.0 Å². The number of carboxylic acids is 1. The van der Waals surface area contributed by atoms with Crippen molar-refractivity contribution in [1.82, 2.24) is 5.32 Å². The molecule has 1 atom stereocenters. The quantitative estimate of drug-likeness (QED) is 0.656. The Balaban J connectivity index is 4.78. The van der Waals surface area contributed by atoms with E-state index in [9.17, 15) is 9.59 Å². The summed E-state index contributed by atoms with van der Waals surface area (Å²) in [5.41, 5.74) is -1.76. The molecule has 0 aliphatic heterocycles. The first kappa shape index (κ1) is 11.4. The molecule has 1 amide bonds. The third-order valence-electron chi connectivity index (χ3n) is 1.57. The second-order valence-corrected chi connectivity index (χ2v) is 2.75. The standard InChI is InChI=1S/C8H12N2O3/c1-3-4-8(5-9,7(12)13)10-6(2)11/h3-4H2,1-2H3,(H,10,11)(H,12,13). The zero-order chi connectivity index (χ0) is 10.5. The van der Waals surface area contributed by atoms with Crippen LogP contribution in [0.4, 0.5) is 0 Å². The Kier molecular flexibility index (Phi) is 3.92. The van der Waals surface area contributed by atoms with Gasteiger partial charge in [0.15, 0.2) is 0 Å². The van der Waals surface area contributed by atoms with Crippen LogP contribution in [0.5, 0.6) is 0 Å². The SMILES string of the molecule is CCCC(C#N)(NC(C)=O)C(=O)O. The second-order valence-electron chi connectivity index (χ2n) is 2.75. The summed E-state index contributed by atoms with van der Waals surface area (Å²) < 4.78 is 0. The molecule has 0 aromatic carbocycles. The van der Waals surface area contributed by atoms with E-state index >= 15 is 0 Å². The van der Waals surface area contributed by atoms with Gasteiger partial charge in [0.2, 0.25) is 11.4 Å². The molecule has 0 spiro atoms. The lowest BCUT2D eigenvalue weighted by Crippen LogP contribution is -2.52. The Morgan fingerprint density at radius 2 is 2.15 bits per heavy atom. The largest absolute Gasteiger partial charge is 0.479 e. The van der Waals surface area contributed by atoms with Crippen LogP contribution in [-0.2, 0) is 9.59 Å². The van der Waals surface area contributed by atoms with Crippen LogP contribution < -0.4 is 5.32 Å². The number of rotatable bonds is 4. The Morgan fingerprint density at radius 1 is 1.62 bits per heavy atom. The van der Waals surface area contributed by atoms with Gasteiger partial charge in [-0.3, -0.25) is 4.79 Å². The van der Waals surface area contributed by atoms with Crippen molar-refractivity contribution < 1.29 is 14.7 Å². The van der Waals surface area contributed by atoms with E-state index in [4.69, 9.17) is 10.4 Å². The molecule has 5 nitrogen and oxygen atoms in total. The van der Waals surface area contributed by atoms with E-state index in [1.807, 2.05) is 0 Å². The molecule has 0 aromatic heterocycles. The van der Waals surface area contributed by atoms with Crippen molar-refractivity contribution in [3.05, 3.63) is 0 Å². The van der Waals surface area contributed by atoms with Gasteiger partial charge in [-0.2, -0.15) is 5.26 Å². The van der Waals surface area contributed by atoms with Gasteiger partial charge in [-0.25, -0.2) is 4.79 Å². The van der Waals surface area contributed by atoms with Gasteiger partial charge in [0.05, 0.1) is 0 Å². The number of carboxylic acid groups (broad SMARTS) is 1. The lowest BCUT2D eigenvalue weighted by Gasteiger charge is -2.21.